The van der Waals surface area contributed by atoms with Crippen LogP contribution in [-0.2, 0) is 0 Å². The van der Waals surface area contributed by atoms with Gasteiger partial charge in [-0.15, -0.1) is 0 Å². The van der Waals surface area contributed by atoms with Crippen LogP contribution in [0.3, 0.4) is 0 Å². The van der Waals surface area contributed by atoms with Crippen molar-refractivity contribution < 1.29 is 10.2 Å². The van der Waals surface area contributed by atoms with Crippen molar-refractivity contribution in [2.45, 2.75) is 65.1 Å². The van der Waals surface area contributed by atoms with E-state index in [4.69, 9.17) is 0 Å². The quantitative estimate of drug-likeness (QED) is 0.690. The van der Waals surface area contributed by atoms with E-state index < -0.39 is 5.60 Å². The fourth-order valence-electron chi connectivity index (χ4n) is 3.62. The molecule has 17 heavy (non-hydrogen) atoms. The highest BCUT2D eigenvalue weighted by Gasteiger charge is 2.46. The van der Waals surface area contributed by atoms with Crippen LogP contribution in [0.25, 0.3) is 0 Å². The van der Waals surface area contributed by atoms with Crippen molar-refractivity contribution in [2.24, 2.45) is 17.3 Å². The Balaban J connectivity index is 2.34. The lowest BCUT2D eigenvalue weighted by molar-refractivity contribution is -0.0157. The lowest BCUT2D eigenvalue weighted by Gasteiger charge is -2.49. The van der Waals surface area contributed by atoms with Crippen LogP contribution in [0.1, 0.15) is 53.4 Å². The molecule has 0 heterocycles. The van der Waals surface area contributed by atoms with Crippen LogP contribution in [0.5, 0.6) is 0 Å². The van der Waals surface area contributed by atoms with E-state index in [-0.39, 0.29) is 17.4 Å². The SMILES string of the molecule is C[C@H]1CC[C@H](O)[C@@]2(C)CCC(C(C)(C)O)C=C12. The summed E-state index contributed by atoms with van der Waals surface area (Å²) in [5.74, 6) is 0.784. The zero-order chi connectivity index (χ0) is 12.8. The molecule has 98 valence electrons. The van der Waals surface area contributed by atoms with Crippen molar-refractivity contribution in [1.82, 2.24) is 0 Å². The van der Waals surface area contributed by atoms with Crippen molar-refractivity contribution in [3.8, 4) is 0 Å². The molecule has 0 bridgehead atoms. The molecule has 0 aromatic heterocycles. The second kappa shape index (κ2) is 4.10. The zero-order valence-corrected chi connectivity index (χ0v) is 11.5. The first-order chi connectivity index (χ1) is 7.75. The third-order valence-electron chi connectivity index (χ3n) is 5.06. The molecule has 0 spiro atoms. The highest BCUT2D eigenvalue weighted by atomic mass is 16.3. The molecule has 0 aromatic rings. The van der Waals surface area contributed by atoms with Gasteiger partial charge in [-0.05, 0) is 45.4 Å². The van der Waals surface area contributed by atoms with E-state index in [0.29, 0.717) is 5.92 Å². The molecule has 2 aliphatic carbocycles. The second-order valence-electron chi connectivity index (χ2n) is 6.83. The lowest BCUT2D eigenvalue weighted by atomic mass is 9.58. The summed E-state index contributed by atoms with van der Waals surface area (Å²) in [4.78, 5) is 0. The molecule has 0 aromatic carbocycles. The van der Waals surface area contributed by atoms with E-state index in [1.807, 2.05) is 13.8 Å². The molecule has 4 atom stereocenters. The molecular weight excluding hydrogens is 212 g/mol. The summed E-state index contributed by atoms with van der Waals surface area (Å²) in [6.07, 6.45) is 6.03. The number of fused-ring (bicyclic) bond motifs is 1. The van der Waals surface area contributed by atoms with Crippen LogP contribution in [-0.4, -0.2) is 21.9 Å². The minimum absolute atomic E-state index is 0.0422. The second-order valence-corrected chi connectivity index (χ2v) is 6.83. The molecule has 2 nitrogen and oxygen atoms in total. The highest BCUT2D eigenvalue weighted by molar-refractivity contribution is 5.26. The van der Waals surface area contributed by atoms with Crippen LogP contribution in [0.4, 0.5) is 0 Å². The van der Waals surface area contributed by atoms with E-state index in [1.54, 1.807) is 0 Å². The number of hydrogen-bond acceptors (Lipinski definition) is 2. The third-order valence-corrected chi connectivity index (χ3v) is 5.06. The summed E-state index contributed by atoms with van der Waals surface area (Å²) in [5.41, 5.74) is 0.699. The van der Waals surface area contributed by atoms with E-state index in [0.717, 1.165) is 25.7 Å². The predicted molar refractivity (Wildman–Crippen MR) is 69.6 cm³/mol. The topological polar surface area (TPSA) is 40.5 Å². The van der Waals surface area contributed by atoms with Gasteiger partial charge in [-0.3, -0.25) is 0 Å². The molecule has 1 unspecified atom stereocenters. The largest absolute Gasteiger partial charge is 0.392 e. The normalized spacial score (nSPS) is 42.9. The summed E-state index contributed by atoms with van der Waals surface area (Å²) >= 11 is 0. The van der Waals surface area contributed by atoms with Crippen LogP contribution < -0.4 is 0 Å². The van der Waals surface area contributed by atoms with Gasteiger partial charge in [-0.1, -0.05) is 25.5 Å². The first kappa shape index (κ1) is 13.1. The van der Waals surface area contributed by atoms with Crippen LogP contribution in [0.2, 0.25) is 0 Å². The van der Waals surface area contributed by atoms with Crippen molar-refractivity contribution >= 4 is 0 Å². The van der Waals surface area contributed by atoms with E-state index in [2.05, 4.69) is 19.9 Å². The maximum Gasteiger partial charge on any atom is 0.0654 e. The van der Waals surface area contributed by atoms with Gasteiger partial charge in [-0.2, -0.15) is 0 Å². The van der Waals surface area contributed by atoms with Crippen LogP contribution in [0.15, 0.2) is 11.6 Å². The summed E-state index contributed by atoms with van der Waals surface area (Å²) in [5, 5.41) is 20.4. The smallest absolute Gasteiger partial charge is 0.0654 e. The zero-order valence-electron chi connectivity index (χ0n) is 11.5. The summed E-state index contributed by atoms with van der Waals surface area (Å²) in [6, 6.07) is 0. The van der Waals surface area contributed by atoms with Gasteiger partial charge in [0.25, 0.3) is 0 Å². The van der Waals surface area contributed by atoms with Gasteiger partial charge in [0.1, 0.15) is 0 Å². The van der Waals surface area contributed by atoms with Gasteiger partial charge in [0, 0.05) is 11.3 Å². The van der Waals surface area contributed by atoms with Gasteiger partial charge in [0.05, 0.1) is 11.7 Å². The molecule has 2 N–H and O–H groups in total. The number of aliphatic hydroxyl groups is 2. The number of rotatable bonds is 1. The fourth-order valence-corrected chi connectivity index (χ4v) is 3.62. The fraction of sp³-hybridized carbons (Fsp3) is 0.867. The Bertz CT molecular complexity index is 326. The molecule has 0 radical (unpaired) electrons. The molecule has 2 aliphatic rings. The maximum absolute atomic E-state index is 10.3. The maximum atomic E-state index is 10.3. The molecule has 0 amide bonds. The Morgan fingerprint density at radius 1 is 1.29 bits per heavy atom. The monoisotopic (exact) mass is 238 g/mol. The molecule has 0 saturated heterocycles. The van der Waals surface area contributed by atoms with Crippen molar-refractivity contribution in [3.05, 3.63) is 11.6 Å². The van der Waals surface area contributed by atoms with Gasteiger partial charge in [-0.25, -0.2) is 0 Å². The van der Waals surface area contributed by atoms with E-state index >= 15 is 0 Å². The standard InChI is InChI=1S/C15H26O2/c1-10-5-6-13(16)15(4)8-7-11(9-12(10)15)14(2,3)17/h9-11,13,16-17H,5-8H2,1-4H3/t10-,11?,13-,15-/m0/s1. The third kappa shape index (κ3) is 2.17. The Morgan fingerprint density at radius 3 is 2.53 bits per heavy atom. The first-order valence-electron chi connectivity index (χ1n) is 6.88. The molecule has 1 saturated carbocycles. The number of hydrogen-bond donors (Lipinski definition) is 2. The summed E-state index contributed by atoms with van der Waals surface area (Å²) in [6.45, 7) is 8.23. The van der Waals surface area contributed by atoms with E-state index in [9.17, 15) is 10.2 Å². The van der Waals surface area contributed by atoms with Gasteiger partial charge >= 0.3 is 0 Å². The average molecular weight is 238 g/mol. The Labute approximate surface area is 105 Å². The van der Waals surface area contributed by atoms with Gasteiger partial charge in [0.15, 0.2) is 0 Å². The van der Waals surface area contributed by atoms with Crippen LogP contribution in [0, 0.1) is 17.3 Å². The van der Waals surface area contributed by atoms with E-state index in [1.165, 1.54) is 5.57 Å². The van der Waals surface area contributed by atoms with Crippen molar-refractivity contribution in [1.29, 1.82) is 0 Å². The molecule has 2 rings (SSSR count). The Morgan fingerprint density at radius 2 is 1.94 bits per heavy atom. The summed E-state index contributed by atoms with van der Waals surface area (Å²) in [7, 11) is 0. The van der Waals surface area contributed by atoms with Gasteiger partial charge in [0.2, 0.25) is 0 Å². The average Bonchev–Trinajstić information content (AvgIpc) is 2.22. The molecule has 1 fully saturated rings. The van der Waals surface area contributed by atoms with Crippen molar-refractivity contribution in [3.63, 3.8) is 0 Å². The molecule has 0 aliphatic heterocycles. The minimum Gasteiger partial charge on any atom is -0.392 e. The first-order valence-corrected chi connectivity index (χ1v) is 6.88. The van der Waals surface area contributed by atoms with Gasteiger partial charge < -0.3 is 10.2 Å². The summed E-state index contributed by atoms with van der Waals surface area (Å²) < 4.78 is 0. The van der Waals surface area contributed by atoms with Crippen LogP contribution >= 0.6 is 0 Å². The molecular formula is C15H26O2. The Hall–Kier alpha value is -0.340. The number of aliphatic hydroxyl groups excluding tert-OH is 1. The molecule has 2 heteroatoms. The van der Waals surface area contributed by atoms with Crippen molar-refractivity contribution in [2.75, 3.05) is 0 Å². The minimum atomic E-state index is -0.642. The Kier molecular flexibility index (Phi) is 3.16. The highest BCUT2D eigenvalue weighted by Crippen LogP contribution is 2.51. The predicted octanol–water partition coefficient (Wildman–Crippen LogP) is 2.89. The lowest BCUT2D eigenvalue weighted by Crippen LogP contribution is -2.45.